The molecule has 1 amide bonds. The van der Waals surface area contributed by atoms with Crippen molar-refractivity contribution in [3.63, 3.8) is 0 Å². The summed E-state index contributed by atoms with van der Waals surface area (Å²) >= 11 is 0. The van der Waals surface area contributed by atoms with Gasteiger partial charge in [-0.3, -0.25) is 25.0 Å². The summed E-state index contributed by atoms with van der Waals surface area (Å²) in [5, 5.41) is 28.0. The highest BCUT2D eigenvalue weighted by Gasteiger charge is 2.25. The Balaban J connectivity index is 1.79. The van der Waals surface area contributed by atoms with E-state index in [1.807, 2.05) is 6.92 Å². The molecule has 0 atom stereocenters. The van der Waals surface area contributed by atoms with Crippen molar-refractivity contribution in [2.75, 3.05) is 10.6 Å². The maximum atomic E-state index is 12.5. The largest absolute Gasteiger partial charge is 0.340 e. The minimum absolute atomic E-state index is 0.114. The molecule has 1 aromatic heterocycles. The van der Waals surface area contributed by atoms with Gasteiger partial charge in [-0.25, -0.2) is 9.97 Å². The van der Waals surface area contributed by atoms with Gasteiger partial charge in [-0.15, -0.1) is 0 Å². The van der Waals surface area contributed by atoms with Crippen LogP contribution < -0.4 is 10.6 Å². The number of benzene rings is 2. The molecule has 3 aromatic rings. The van der Waals surface area contributed by atoms with Crippen LogP contribution in [0.4, 0.5) is 28.6 Å². The number of hydrogen-bond donors (Lipinski definition) is 2. The molecule has 0 fully saturated rings. The van der Waals surface area contributed by atoms with Crippen molar-refractivity contribution in [3.8, 4) is 0 Å². The molecule has 0 radical (unpaired) electrons. The van der Waals surface area contributed by atoms with Gasteiger partial charge in [-0.1, -0.05) is 0 Å². The van der Waals surface area contributed by atoms with E-state index in [0.29, 0.717) is 17.2 Å². The van der Waals surface area contributed by atoms with E-state index < -0.39 is 27.1 Å². The number of hydrogen-bond acceptors (Lipinski definition) is 8. The van der Waals surface area contributed by atoms with Crippen LogP contribution in [0.2, 0.25) is 0 Å². The fraction of sp³-hybridized carbons (Fsp3) is 0.105. The van der Waals surface area contributed by atoms with Crippen LogP contribution in [0.25, 0.3) is 0 Å². The van der Waals surface area contributed by atoms with Crippen molar-refractivity contribution in [1.29, 1.82) is 0 Å². The van der Waals surface area contributed by atoms with Crippen molar-refractivity contribution in [2.24, 2.45) is 0 Å². The van der Waals surface area contributed by atoms with Crippen LogP contribution in [0.3, 0.4) is 0 Å². The number of nitro groups is 2. The van der Waals surface area contributed by atoms with Crippen LogP contribution in [0.1, 0.15) is 21.6 Å². The van der Waals surface area contributed by atoms with Crippen molar-refractivity contribution in [1.82, 2.24) is 9.97 Å². The predicted molar refractivity (Wildman–Crippen MR) is 109 cm³/mol. The van der Waals surface area contributed by atoms with Gasteiger partial charge in [0.25, 0.3) is 17.3 Å². The van der Waals surface area contributed by atoms with Crippen LogP contribution in [0, 0.1) is 34.1 Å². The Morgan fingerprint density at radius 2 is 1.47 bits per heavy atom. The van der Waals surface area contributed by atoms with Crippen LogP contribution in [-0.4, -0.2) is 25.7 Å². The average molecular weight is 408 g/mol. The SMILES string of the molecule is Cc1cc(Nc2ccc(NC(=O)c3cc([N+](=O)[O-])c(C)c([N+](=O)[O-])c3)cc2)ncn1. The molecule has 3 rings (SSSR count). The molecule has 1 heterocycles. The number of carbonyl (C=O) groups excluding carboxylic acids is 1. The van der Waals surface area contributed by atoms with E-state index in [1.165, 1.54) is 13.3 Å². The fourth-order valence-electron chi connectivity index (χ4n) is 2.71. The highest BCUT2D eigenvalue weighted by Crippen LogP contribution is 2.29. The predicted octanol–water partition coefficient (Wildman–Crippen LogP) is 3.91. The molecule has 11 nitrogen and oxygen atoms in total. The zero-order chi connectivity index (χ0) is 21.8. The lowest BCUT2D eigenvalue weighted by molar-refractivity contribution is -0.395. The summed E-state index contributed by atoms with van der Waals surface area (Å²) in [7, 11) is 0. The van der Waals surface area contributed by atoms with Gasteiger partial charge >= 0.3 is 0 Å². The van der Waals surface area contributed by atoms with Crippen LogP contribution in [0.5, 0.6) is 0 Å². The van der Waals surface area contributed by atoms with Gasteiger partial charge in [0.2, 0.25) is 0 Å². The second-order valence-electron chi connectivity index (χ2n) is 6.35. The van der Waals surface area contributed by atoms with Gasteiger partial charge in [-0.2, -0.15) is 0 Å². The van der Waals surface area contributed by atoms with Crippen LogP contribution in [-0.2, 0) is 0 Å². The zero-order valence-corrected chi connectivity index (χ0v) is 15.9. The second-order valence-corrected chi connectivity index (χ2v) is 6.35. The number of amides is 1. The number of nitro benzene ring substituents is 2. The molecule has 0 aliphatic heterocycles. The van der Waals surface area contributed by atoms with Gasteiger partial charge in [0, 0.05) is 35.3 Å². The first-order valence-corrected chi connectivity index (χ1v) is 8.65. The Morgan fingerprint density at radius 1 is 0.900 bits per heavy atom. The number of aryl methyl sites for hydroxylation is 1. The van der Waals surface area contributed by atoms with E-state index in [-0.39, 0.29) is 11.1 Å². The van der Waals surface area contributed by atoms with E-state index in [1.54, 1.807) is 30.3 Å². The third-order valence-electron chi connectivity index (χ3n) is 4.23. The van der Waals surface area contributed by atoms with E-state index in [2.05, 4.69) is 20.6 Å². The van der Waals surface area contributed by atoms with Gasteiger partial charge in [-0.05, 0) is 38.1 Å². The quantitative estimate of drug-likeness (QED) is 0.460. The first-order valence-electron chi connectivity index (χ1n) is 8.65. The first kappa shape index (κ1) is 20.3. The van der Waals surface area contributed by atoms with Crippen molar-refractivity contribution < 1.29 is 14.6 Å². The molecule has 0 bridgehead atoms. The fourth-order valence-corrected chi connectivity index (χ4v) is 2.71. The Labute approximate surface area is 170 Å². The maximum absolute atomic E-state index is 12.5. The Kier molecular flexibility index (Phi) is 5.63. The second kappa shape index (κ2) is 8.31. The number of nitrogens with zero attached hydrogens (tertiary/aromatic N) is 4. The summed E-state index contributed by atoms with van der Waals surface area (Å²) in [5.74, 6) is -0.0908. The Morgan fingerprint density at radius 3 is 2.00 bits per heavy atom. The van der Waals surface area contributed by atoms with Crippen molar-refractivity contribution in [2.45, 2.75) is 13.8 Å². The molecule has 2 aromatic carbocycles. The van der Waals surface area contributed by atoms with Crippen LogP contribution >= 0.6 is 0 Å². The number of carbonyl (C=O) groups is 1. The van der Waals surface area contributed by atoms with E-state index in [9.17, 15) is 25.0 Å². The van der Waals surface area contributed by atoms with Gasteiger partial charge in [0.05, 0.1) is 15.4 Å². The number of anilines is 3. The topological polar surface area (TPSA) is 153 Å². The molecule has 11 heteroatoms. The average Bonchev–Trinajstić information content (AvgIpc) is 2.69. The lowest BCUT2D eigenvalue weighted by atomic mass is 10.1. The number of nitrogens with one attached hydrogen (secondary N) is 2. The van der Waals surface area contributed by atoms with Gasteiger partial charge < -0.3 is 10.6 Å². The summed E-state index contributed by atoms with van der Waals surface area (Å²) in [6, 6.07) is 10.4. The molecule has 0 spiro atoms. The van der Waals surface area contributed by atoms with E-state index in [4.69, 9.17) is 0 Å². The molecule has 152 valence electrons. The third kappa shape index (κ3) is 4.52. The summed E-state index contributed by atoms with van der Waals surface area (Å²) in [4.78, 5) is 41.4. The molecule has 0 aliphatic rings. The van der Waals surface area contributed by atoms with Gasteiger partial charge in [0.15, 0.2) is 0 Å². The lowest BCUT2D eigenvalue weighted by Crippen LogP contribution is -2.13. The van der Waals surface area contributed by atoms with Crippen LogP contribution in [0.15, 0.2) is 48.8 Å². The third-order valence-corrected chi connectivity index (χ3v) is 4.23. The molecular formula is C19H16N6O5. The molecule has 0 saturated heterocycles. The lowest BCUT2D eigenvalue weighted by Gasteiger charge is -2.09. The van der Waals surface area contributed by atoms with Crippen molar-refractivity contribution >= 4 is 34.5 Å². The summed E-state index contributed by atoms with van der Waals surface area (Å²) in [6.45, 7) is 3.11. The molecular weight excluding hydrogens is 392 g/mol. The standard InChI is InChI=1S/C19H16N6O5/c1-11-7-18(21-10-20-11)22-14-3-5-15(6-4-14)23-19(26)13-8-16(24(27)28)12(2)17(9-13)25(29)30/h3-10H,1-2H3,(H,23,26)(H,20,21,22). The number of aromatic nitrogens is 2. The summed E-state index contributed by atoms with van der Waals surface area (Å²) < 4.78 is 0. The minimum Gasteiger partial charge on any atom is -0.340 e. The monoisotopic (exact) mass is 408 g/mol. The zero-order valence-electron chi connectivity index (χ0n) is 15.9. The molecule has 2 N–H and O–H groups in total. The van der Waals surface area contributed by atoms with Crippen molar-refractivity contribution in [3.05, 3.63) is 85.8 Å². The number of rotatable bonds is 6. The molecule has 0 unspecified atom stereocenters. The summed E-state index contributed by atoms with van der Waals surface area (Å²) in [5.41, 5.74) is 0.651. The van der Waals surface area contributed by atoms with Gasteiger partial charge in [0.1, 0.15) is 17.7 Å². The highest BCUT2D eigenvalue weighted by atomic mass is 16.6. The van der Waals surface area contributed by atoms with E-state index in [0.717, 1.165) is 17.8 Å². The normalized spacial score (nSPS) is 10.3. The minimum atomic E-state index is -0.756. The molecule has 0 aliphatic carbocycles. The Bertz CT molecular complexity index is 1110. The summed E-state index contributed by atoms with van der Waals surface area (Å²) in [6.07, 6.45) is 1.44. The first-order chi connectivity index (χ1) is 14.2. The molecule has 30 heavy (non-hydrogen) atoms. The highest BCUT2D eigenvalue weighted by molar-refractivity contribution is 6.05. The van der Waals surface area contributed by atoms with E-state index >= 15 is 0 Å². The molecule has 0 saturated carbocycles. The Hall–Kier alpha value is -4.41. The maximum Gasteiger partial charge on any atom is 0.279 e. The smallest absolute Gasteiger partial charge is 0.279 e.